The maximum atomic E-state index is 5.78. The minimum absolute atomic E-state index is 0.210. The number of hydrogen-bond donors (Lipinski definition) is 1. The number of alkyl halides is 1. The Kier molecular flexibility index (Phi) is 4.11. The van der Waals surface area contributed by atoms with Crippen LogP contribution < -0.4 is 5.32 Å². The fourth-order valence-corrected chi connectivity index (χ4v) is 1.00. The van der Waals surface area contributed by atoms with E-state index < -0.39 is 0 Å². The molecule has 0 saturated heterocycles. The summed E-state index contributed by atoms with van der Waals surface area (Å²) in [7, 11) is 1.75. The van der Waals surface area contributed by atoms with E-state index in [1.807, 2.05) is 6.92 Å². The molecule has 0 bridgehead atoms. The molecule has 1 atom stereocenters. The molecule has 1 rings (SSSR count). The third-order valence-corrected chi connectivity index (χ3v) is 1.77. The minimum atomic E-state index is 0.210. The van der Waals surface area contributed by atoms with Crippen molar-refractivity contribution < 1.29 is 0 Å². The maximum Gasteiger partial charge on any atom is 0.188 e. The van der Waals surface area contributed by atoms with E-state index in [4.69, 9.17) is 11.6 Å². The van der Waals surface area contributed by atoms with Gasteiger partial charge in [-0.1, -0.05) is 0 Å². The summed E-state index contributed by atoms with van der Waals surface area (Å²) in [5, 5.41) is 15.0. The highest BCUT2D eigenvalue weighted by molar-refractivity contribution is 6.20. The van der Waals surface area contributed by atoms with Crippen molar-refractivity contribution in [1.29, 1.82) is 0 Å². The molecule has 0 saturated carbocycles. The van der Waals surface area contributed by atoms with Gasteiger partial charge >= 0.3 is 0 Å². The van der Waals surface area contributed by atoms with Gasteiger partial charge in [-0.3, -0.25) is 0 Å². The highest BCUT2D eigenvalue weighted by atomic mass is 35.5. The zero-order chi connectivity index (χ0) is 9.68. The second kappa shape index (κ2) is 5.14. The second-order valence-electron chi connectivity index (χ2n) is 2.94. The van der Waals surface area contributed by atoms with E-state index in [1.54, 1.807) is 7.05 Å². The Hall–Kier alpha value is -0.680. The van der Waals surface area contributed by atoms with Gasteiger partial charge in [0.05, 0.1) is 13.6 Å². The molecule has 1 N–H and O–H groups in total. The molecule has 0 fully saturated rings. The summed E-state index contributed by atoms with van der Waals surface area (Å²) in [6, 6.07) is 0. The van der Waals surface area contributed by atoms with Gasteiger partial charge in [-0.05, 0) is 25.1 Å². The molecule has 1 aromatic rings. The zero-order valence-electron chi connectivity index (χ0n) is 7.87. The quantitative estimate of drug-likeness (QED) is 0.553. The predicted molar refractivity (Wildman–Crippen MR) is 50.4 cm³/mol. The van der Waals surface area contributed by atoms with Crippen molar-refractivity contribution in [3.05, 3.63) is 5.82 Å². The van der Waals surface area contributed by atoms with E-state index in [0.29, 0.717) is 12.4 Å². The van der Waals surface area contributed by atoms with Crippen LogP contribution in [0.2, 0.25) is 0 Å². The average molecular weight is 204 g/mol. The highest BCUT2D eigenvalue weighted by Crippen LogP contribution is 1.97. The number of aromatic nitrogens is 4. The number of tetrazole rings is 1. The number of hydrogen-bond acceptors (Lipinski definition) is 4. The van der Waals surface area contributed by atoms with Crippen molar-refractivity contribution >= 4 is 11.6 Å². The van der Waals surface area contributed by atoms with Gasteiger partial charge in [0.2, 0.25) is 0 Å². The molecule has 0 aromatic carbocycles. The molecular weight excluding hydrogens is 190 g/mol. The van der Waals surface area contributed by atoms with Crippen LogP contribution in [-0.2, 0) is 13.6 Å². The first-order valence-corrected chi connectivity index (χ1v) is 4.70. The number of aryl methyl sites for hydroxylation is 1. The fraction of sp³-hybridized carbons (Fsp3) is 0.857. The Morgan fingerprint density at radius 2 is 2.38 bits per heavy atom. The van der Waals surface area contributed by atoms with Gasteiger partial charge in [0, 0.05) is 5.38 Å². The molecular formula is C7H14ClN5. The van der Waals surface area contributed by atoms with Gasteiger partial charge in [0.15, 0.2) is 5.82 Å². The van der Waals surface area contributed by atoms with Crippen molar-refractivity contribution in [2.45, 2.75) is 25.3 Å². The molecule has 13 heavy (non-hydrogen) atoms. The summed E-state index contributed by atoms with van der Waals surface area (Å²) in [6.07, 6.45) is 0.946. The first-order chi connectivity index (χ1) is 6.18. The van der Waals surface area contributed by atoms with Gasteiger partial charge in [0.25, 0.3) is 0 Å². The van der Waals surface area contributed by atoms with Crippen LogP contribution in [0.4, 0.5) is 0 Å². The van der Waals surface area contributed by atoms with Crippen LogP contribution in [0.25, 0.3) is 0 Å². The van der Waals surface area contributed by atoms with Crippen LogP contribution in [0.5, 0.6) is 0 Å². The summed E-state index contributed by atoms with van der Waals surface area (Å²) in [5.74, 6) is 0.713. The monoisotopic (exact) mass is 203 g/mol. The summed E-state index contributed by atoms with van der Waals surface area (Å²) >= 11 is 5.78. The first kappa shape index (κ1) is 10.4. The molecule has 0 amide bonds. The normalized spacial score (nSPS) is 13.2. The smallest absolute Gasteiger partial charge is 0.188 e. The Bertz CT molecular complexity index is 247. The van der Waals surface area contributed by atoms with E-state index in [1.165, 1.54) is 4.80 Å². The van der Waals surface area contributed by atoms with Crippen LogP contribution in [0.15, 0.2) is 0 Å². The standard InChI is InChI=1S/C7H14ClN5/c1-6(8)3-4-9-5-7-10-12-13(2)11-7/h6,9H,3-5H2,1-2H3. The molecule has 0 spiro atoms. The van der Waals surface area contributed by atoms with E-state index in [-0.39, 0.29) is 5.38 Å². The molecule has 6 heteroatoms. The van der Waals surface area contributed by atoms with E-state index in [9.17, 15) is 0 Å². The summed E-state index contributed by atoms with van der Waals surface area (Å²) in [5.41, 5.74) is 0. The van der Waals surface area contributed by atoms with Crippen LogP contribution >= 0.6 is 11.6 Å². The third kappa shape index (κ3) is 4.19. The molecule has 0 radical (unpaired) electrons. The zero-order valence-corrected chi connectivity index (χ0v) is 8.62. The van der Waals surface area contributed by atoms with Crippen LogP contribution in [0, 0.1) is 0 Å². The lowest BCUT2D eigenvalue weighted by atomic mass is 10.3. The van der Waals surface area contributed by atoms with Crippen molar-refractivity contribution in [2.24, 2.45) is 7.05 Å². The Morgan fingerprint density at radius 1 is 1.62 bits per heavy atom. The Balaban J connectivity index is 2.13. The number of rotatable bonds is 5. The second-order valence-corrected chi connectivity index (χ2v) is 3.69. The lowest BCUT2D eigenvalue weighted by molar-refractivity contribution is 0.609. The lowest BCUT2D eigenvalue weighted by Gasteiger charge is -2.02. The highest BCUT2D eigenvalue weighted by Gasteiger charge is 1.99. The van der Waals surface area contributed by atoms with E-state index in [0.717, 1.165) is 13.0 Å². The van der Waals surface area contributed by atoms with Crippen LogP contribution in [0.3, 0.4) is 0 Å². The fourth-order valence-electron chi connectivity index (χ4n) is 0.895. The summed E-state index contributed by atoms with van der Waals surface area (Å²) in [6.45, 7) is 3.50. The van der Waals surface area contributed by atoms with E-state index >= 15 is 0 Å². The van der Waals surface area contributed by atoms with Gasteiger partial charge in [-0.15, -0.1) is 21.8 Å². The number of nitrogens with one attached hydrogen (secondary N) is 1. The van der Waals surface area contributed by atoms with Crippen molar-refractivity contribution in [3.63, 3.8) is 0 Å². The van der Waals surface area contributed by atoms with Crippen LogP contribution in [-0.4, -0.2) is 32.1 Å². The molecule has 1 aromatic heterocycles. The van der Waals surface area contributed by atoms with Crippen molar-refractivity contribution in [2.75, 3.05) is 6.54 Å². The molecule has 1 heterocycles. The molecule has 1 unspecified atom stereocenters. The number of halogens is 1. The predicted octanol–water partition coefficient (Wildman–Crippen LogP) is 0.317. The summed E-state index contributed by atoms with van der Waals surface area (Å²) < 4.78 is 0. The van der Waals surface area contributed by atoms with Crippen LogP contribution in [0.1, 0.15) is 19.2 Å². The minimum Gasteiger partial charge on any atom is -0.310 e. The van der Waals surface area contributed by atoms with Gasteiger partial charge in [-0.2, -0.15) is 4.80 Å². The van der Waals surface area contributed by atoms with Gasteiger partial charge < -0.3 is 5.32 Å². The van der Waals surface area contributed by atoms with Crippen molar-refractivity contribution in [3.8, 4) is 0 Å². The molecule has 0 aliphatic heterocycles. The van der Waals surface area contributed by atoms with E-state index in [2.05, 4.69) is 20.7 Å². The molecule has 0 aliphatic rings. The maximum absolute atomic E-state index is 5.78. The van der Waals surface area contributed by atoms with Crippen molar-refractivity contribution in [1.82, 2.24) is 25.5 Å². The lowest BCUT2D eigenvalue weighted by Crippen LogP contribution is -2.18. The SMILES string of the molecule is CC(Cl)CCNCc1nnn(C)n1. The first-order valence-electron chi connectivity index (χ1n) is 4.26. The largest absolute Gasteiger partial charge is 0.310 e. The molecule has 74 valence electrons. The average Bonchev–Trinajstić information content (AvgIpc) is 2.45. The topological polar surface area (TPSA) is 55.6 Å². The van der Waals surface area contributed by atoms with Gasteiger partial charge in [-0.25, -0.2) is 0 Å². The Labute approximate surface area is 82.5 Å². The number of nitrogens with zero attached hydrogens (tertiary/aromatic N) is 4. The third-order valence-electron chi connectivity index (χ3n) is 1.55. The van der Waals surface area contributed by atoms with Gasteiger partial charge in [0.1, 0.15) is 0 Å². The molecule has 0 aliphatic carbocycles. The summed E-state index contributed by atoms with van der Waals surface area (Å²) in [4.78, 5) is 1.45. The Morgan fingerprint density at radius 3 is 2.92 bits per heavy atom. The molecule has 5 nitrogen and oxygen atoms in total.